The summed E-state index contributed by atoms with van der Waals surface area (Å²) in [6.45, 7) is 8.62. The first-order chi connectivity index (χ1) is 5.41. The Hall–Kier alpha value is -0.380. The van der Waals surface area contributed by atoms with Crippen molar-refractivity contribution in [3.05, 3.63) is 13.2 Å². The van der Waals surface area contributed by atoms with E-state index in [4.69, 9.17) is 14.2 Å². The summed E-state index contributed by atoms with van der Waals surface area (Å²) >= 11 is 0. The van der Waals surface area contributed by atoms with Gasteiger partial charge >= 0.3 is 0 Å². The maximum atomic E-state index is 5.06. The van der Waals surface area contributed by atoms with E-state index in [2.05, 4.69) is 13.2 Å². The van der Waals surface area contributed by atoms with Gasteiger partial charge in [-0.2, -0.15) is 0 Å². The van der Waals surface area contributed by atoms with Crippen LogP contribution in [0.4, 0.5) is 0 Å². The average molecular weight is 162 g/mol. The molecule has 0 bridgehead atoms. The van der Waals surface area contributed by atoms with E-state index < -0.39 is 0 Å². The van der Waals surface area contributed by atoms with Crippen molar-refractivity contribution in [1.29, 1.82) is 0 Å². The molecule has 0 aromatic rings. The summed E-state index contributed by atoms with van der Waals surface area (Å²) in [5.74, 6) is 0. The van der Waals surface area contributed by atoms with Crippen LogP contribution in [0.5, 0.6) is 0 Å². The summed E-state index contributed by atoms with van der Waals surface area (Å²) in [7, 11) is 3.30. The molecule has 0 rings (SSSR count). The predicted octanol–water partition coefficient (Wildman–Crippen LogP) is 1.10. The fraction of sp³-hybridized carbons (Fsp3) is 0.750. The minimum atomic E-state index is 0.653. The molecule has 0 atom stereocenters. The van der Waals surface area contributed by atoms with E-state index in [0.29, 0.717) is 26.4 Å². The van der Waals surface area contributed by atoms with Crippen molar-refractivity contribution in [2.45, 2.75) is 0 Å². The van der Waals surface area contributed by atoms with Crippen molar-refractivity contribution in [3.8, 4) is 0 Å². The number of ether oxygens (including phenoxy) is 3. The summed E-state index contributed by atoms with van der Waals surface area (Å²) < 4.78 is 14.6. The van der Waals surface area contributed by atoms with E-state index in [0.717, 1.165) is 0 Å². The Morgan fingerprint density at radius 1 is 0.818 bits per heavy atom. The molecule has 0 radical (unpaired) electrons. The van der Waals surface area contributed by atoms with Crippen LogP contribution < -0.4 is 0 Å². The maximum Gasteiger partial charge on any atom is 0.0701 e. The zero-order valence-electron chi connectivity index (χ0n) is 7.47. The van der Waals surface area contributed by atoms with Gasteiger partial charge in [0.25, 0.3) is 0 Å². The summed E-state index contributed by atoms with van der Waals surface area (Å²) in [4.78, 5) is 0. The quantitative estimate of drug-likeness (QED) is 0.432. The molecule has 0 aromatic heterocycles. The lowest BCUT2D eigenvalue weighted by atomic mass is 10.7. The zero-order valence-corrected chi connectivity index (χ0v) is 7.47. The molecule has 0 unspecified atom stereocenters. The van der Waals surface area contributed by atoms with Crippen molar-refractivity contribution in [3.63, 3.8) is 0 Å². The molecule has 0 fully saturated rings. The number of methoxy groups -OCH3 is 2. The van der Waals surface area contributed by atoms with Gasteiger partial charge in [0.2, 0.25) is 0 Å². The summed E-state index contributed by atoms with van der Waals surface area (Å²) in [6, 6.07) is 0. The molecule has 0 aliphatic rings. The highest BCUT2D eigenvalue weighted by Gasteiger charge is 1.84. The van der Waals surface area contributed by atoms with E-state index >= 15 is 0 Å². The smallest absolute Gasteiger partial charge is 0.0701 e. The second-order valence-electron chi connectivity index (χ2n) is 1.60. The number of hydrogen-bond acceptors (Lipinski definition) is 3. The van der Waals surface area contributed by atoms with Crippen molar-refractivity contribution in [2.75, 3.05) is 40.6 Å². The SMILES string of the molecule is C=C.COCCOCCOC. The van der Waals surface area contributed by atoms with Gasteiger partial charge in [-0.05, 0) is 0 Å². The molecule has 0 saturated carbocycles. The largest absolute Gasteiger partial charge is 0.382 e. The molecule has 0 spiro atoms. The lowest BCUT2D eigenvalue weighted by Crippen LogP contribution is -2.06. The topological polar surface area (TPSA) is 27.7 Å². The monoisotopic (exact) mass is 162 g/mol. The highest BCUT2D eigenvalue weighted by molar-refractivity contribution is 4.28. The third kappa shape index (κ3) is 17.7. The van der Waals surface area contributed by atoms with Crippen LogP contribution in [0.15, 0.2) is 13.2 Å². The maximum absolute atomic E-state index is 5.06. The van der Waals surface area contributed by atoms with E-state index in [1.165, 1.54) is 0 Å². The van der Waals surface area contributed by atoms with E-state index in [1.807, 2.05) is 0 Å². The van der Waals surface area contributed by atoms with Crippen LogP contribution in [0.1, 0.15) is 0 Å². The summed E-state index contributed by atoms with van der Waals surface area (Å²) in [5.41, 5.74) is 0. The molecule has 0 amide bonds. The van der Waals surface area contributed by atoms with Gasteiger partial charge in [-0.3, -0.25) is 0 Å². The summed E-state index contributed by atoms with van der Waals surface area (Å²) in [6.07, 6.45) is 0. The normalized spacial score (nSPS) is 8.55. The van der Waals surface area contributed by atoms with Crippen molar-refractivity contribution < 1.29 is 14.2 Å². The Labute approximate surface area is 69.0 Å². The van der Waals surface area contributed by atoms with Gasteiger partial charge in [0, 0.05) is 14.2 Å². The van der Waals surface area contributed by atoms with Gasteiger partial charge in [-0.15, -0.1) is 13.2 Å². The van der Waals surface area contributed by atoms with Crippen LogP contribution in [0, 0.1) is 0 Å². The Balaban J connectivity index is 0. The van der Waals surface area contributed by atoms with Crippen molar-refractivity contribution >= 4 is 0 Å². The van der Waals surface area contributed by atoms with E-state index in [1.54, 1.807) is 14.2 Å². The molecular formula is C8H18O3. The second kappa shape index (κ2) is 16.3. The van der Waals surface area contributed by atoms with Gasteiger partial charge in [0.1, 0.15) is 0 Å². The molecule has 0 N–H and O–H groups in total. The lowest BCUT2D eigenvalue weighted by Gasteiger charge is -2.00. The Bertz CT molecular complexity index is 51.3. The van der Waals surface area contributed by atoms with Gasteiger partial charge in [0.15, 0.2) is 0 Å². The van der Waals surface area contributed by atoms with Crippen molar-refractivity contribution in [2.24, 2.45) is 0 Å². The number of rotatable bonds is 6. The van der Waals surface area contributed by atoms with Gasteiger partial charge in [-0.25, -0.2) is 0 Å². The highest BCUT2D eigenvalue weighted by atomic mass is 16.5. The molecule has 0 saturated heterocycles. The molecule has 68 valence electrons. The zero-order chi connectivity index (χ0) is 8.95. The third-order valence-electron chi connectivity index (χ3n) is 0.864. The van der Waals surface area contributed by atoms with Crippen LogP contribution in [0.2, 0.25) is 0 Å². The molecular weight excluding hydrogens is 144 g/mol. The van der Waals surface area contributed by atoms with Gasteiger partial charge in [0.05, 0.1) is 26.4 Å². The molecule has 0 aliphatic carbocycles. The minimum absolute atomic E-state index is 0.653. The summed E-state index contributed by atoms with van der Waals surface area (Å²) in [5, 5.41) is 0. The molecule has 0 aliphatic heterocycles. The second-order valence-corrected chi connectivity index (χ2v) is 1.60. The van der Waals surface area contributed by atoms with Gasteiger partial charge in [-0.1, -0.05) is 0 Å². The van der Waals surface area contributed by atoms with E-state index in [-0.39, 0.29) is 0 Å². The fourth-order valence-electron chi connectivity index (χ4n) is 0.387. The first-order valence-electron chi connectivity index (χ1n) is 3.47. The first-order valence-corrected chi connectivity index (χ1v) is 3.47. The number of hydrogen-bond donors (Lipinski definition) is 0. The Morgan fingerprint density at radius 3 is 1.45 bits per heavy atom. The van der Waals surface area contributed by atoms with Crippen LogP contribution in [-0.4, -0.2) is 40.6 Å². The van der Waals surface area contributed by atoms with Gasteiger partial charge < -0.3 is 14.2 Å². The fourth-order valence-corrected chi connectivity index (χ4v) is 0.387. The molecule has 3 nitrogen and oxygen atoms in total. The Morgan fingerprint density at radius 2 is 1.18 bits per heavy atom. The standard InChI is InChI=1S/C6H14O3.C2H4/c1-7-3-5-9-6-4-8-2;1-2/h3-6H2,1-2H3;1-2H2. The lowest BCUT2D eigenvalue weighted by molar-refractivity contribution is 0.0385. The third-order valence-corrected chi connectivity index (χ3v) is 0.864. The first kappa shape index (κ1) is 13.2. The molecule has 0 aromatic carbocycles. The van der Waals surface area contributed by atoms with Crippen LogP contribution >= 0.6 is 0 Å². The van der Waals surface area contributed by atoms with Crippen LogP contribution in [0.3, 0.4) is 0 Å². The van der Waals surface area contributed by atoms with Crippen LogP contribution in [-0.2, 0) is 14.2 Å². The average Bonchev–Trinajstić information content (AvgIpc) is 2.08. The van der Waals surface area contributed by atoms with Crippen molar-refractivity contribution in [1.82, 2.24) is 0 Å². The van der Waals surface area contributed by atoms with E-state index in [9.17, 15) is 0 Å². The van der Waals surface area contributed by atoms with Crippen LogP contribution in [0.25, 0.3) is 0 Å². The minimum Gasteiger partial charge on any atom is -0.382 e. The Kier molecular flexibility index (Phi) is 19.6. The predicted molar refractivity (Wildman–Crippen MR) is 45.8 cm³/mol. The molecule has 3 heteroatoms. The molecule has 11 heavy (non-hydrogen) atoms. The highest BCUT2D eigenvalue weighted by Crippen LogP contribution is 1.75. The molecule has 0 heterocycles.